The van der Waals surface area contributed by atoms with E-state index in [9.17, 15) is 0 Å². The Balaban J connectivity index is 2.04. The molecule has 0 saturated carbocycles. The molecule has 1 atom stereocenters. The fraction of sp³-hybridized carbons (Fsp3) is 0.824. The minimum atomic E-state index is 0.450. The Labute approximate surface area is 129 Å². The molecule has 0 bridgehead atoms. The number of nitrogens with one attached hydrogen (secondary N) is 1. The highest BCUT2D eigenvalue weighted by Crippen LogP contribution is 2.20. The van der Waals surface area contributed by atoms with Crippen LogP contribution in [0.25, 0.3) is 0 Å². The lowest BCUT2D eigenvalue weighted by molar-refractivity contribution is 0.0992. The molecule has 0 aromatic carbocycles. The zero-order valence-corrected chi connectivity index (χ0v) is 14.0. The second-order valence-corrected chi connectivity index (χ2v) is 5.90. The maximum absolute atomic E-state index is 5.74. The fourth-order valence-electron chi connectivity index (χ4n) is 3.19. The molecule has 0 spiro atoms. The molecular formula is C17H31N3O. The first-order chi connectivity index (χ1) is 10.3. The van der Waals surface area contributed by atoms with Gasteiger partial charge < -0.3 is 10.1 Å². The molecule has 4 nitrogen and oxygen atoms in total. The average molecular weight is 293 g/mol. The summed E-state index contributed by atoms with van der Waals surface area (Å²) in [5, 5.41) is 8.39. The van der Waals surface area contributed by atoms with Crippen LogP contribution in [0.15, 0.2) is 0 Å². The first kappa shape index (κ1) is 16.5. The smallest absolute Gasteiger partial charge is 0.0669 e. The summed E-state index contributed by atoms with van der Waals surface area (Å²) < 4.78 is 7.98. The Kier molecular flexibility index (Phi) is 6.71. The predicted octanol–water partition coefficient (Wildman–Crippen LogP) is 3.08. The Morgan fingerprint density at radius 2 is 2.14 bits per heavy atom. The average Bonchev–Trinajstić information content (AvgIpc) is 3.12. The minimum absolute atomic E-state index is 0.450. The number of rotatable bonds is 9. The predicted molar refractivity (Wildman–Crippen MR) is 86.6 cm³/mol. The van der Waals surface area contributed by atoms with Gasteiger partial charge in [0.15, 0.2) is 0 Å². The van der Waals surface area contributed by atoms with Crippen LogP contribution in [0.4, 0.5) is 0 Å². The van der Waals surface area contributed by atoms with Crippen LogP contribution in [-0.4, -0.2) is 29.0 Å². The molecule has 120 valence electrons. The van der Waals surface area contributed by atoms with Crippen molar-refractivity contribution in [2.45, 2.75) is 78.5 Å². The summed E-state index contributed by atoms with van der Waals surface area (Å²) in [6.07, 6.45) is 7.23. The summed E-state index contributed by atoms with van der Waals surface area (Å²) in [7, 11) is 0. The number of ether oxygens (including phenoxy) is 1. The molecule has 1 unspecified atom stereocenters. The number of aromatic nitrogens is 2. The fourth-order valence-corrected chi connectivity index (χ4v) is 3.19. The third-order valence-corrected chi connectivity index (χ3v) is 4.33. The monoisotopic (exact) mass is 293 g/mol. The molecule has 1 aromatic heterocycles. The van der Waals surface area contributed by atoms with E-state index in [4.69, 9.17) is 9.84 Å². The van der Waals surface area contributed by atoms with Crippen molar-refractivity contribution < 1.29 is 4.74 Å². The molecule has 0 amide bonds. The number of hydrogen-bond acceptors (Lipinski definition) is 3. The highest BCUT2D eigenvalue weighted by molar-refractivity contribution is 5.26. The van der Waals surface area contributed by atoms with Crippen molar-refractivity contribution in [2.24, 2.45) is 0 Å². The van der Waals surface area contributed by atoms with E-state index in [2.05, 4.69) is 30.8 Å². The van der Waals surface area contributed by atoms with E-state index in [-0.39, 0.29) is 0 Å². The van der Waals surface area contributed by atoms with Crippen molar-refractivity contribution in [1.82, 2.24) is 15.1 Å². The van der Waals surface area contributed by atoms with Gasteiger partial charge in [0, 0.05) is 31.0 Å². The Bertz CT molecular complexity index is 422. The summed E-state index contributed by atoms with van der Waals surface area (Å²) in [6, 6.07) is 0. The normalized spacial score (nSPS) is 18.5. The minimum Gasteiger partial charge on any atom is -0.378 e. The van der Waals surface area contributed by atoms with Crippen molar-refractivity contribution in [1.29, 1.82) is 0 Å². The van der Waals surface area contributed by atoms with E-state index in [0.717, 1.165) is 45.5 Å². The van der Waals surface area contributed by atoms with Gasteiger partial charge in [0.1, 0.15) is 0 Å². The maximum atomic E-state index is 5.74. The Hall–Kier alpha value is -0.870. The summed E-state index contributed by atoms with van der Waals surface area (Å²) in [6.45, 7) is 10.6. The second kappa shape index (κ2) is 8.54. The van der Waals surface area contributed by atoms with Crippen molar-refractivity contribution >= 4 is 0 Å². The van der Waals surface area contributed by atoms with Crippen molar-refractivity contribution in [3.05, 3.63) is 17.0 Å². The molecule has 21 heavy (non-hydrogen) atoms. The Morgan fingerprint density at radius 3 is 2.76 bits per heavy atom. The van der Waals surface area contributed by atoms with Gasteiger partial charge in [0.2, 0.25) is 0 Å². The van der Waals surface area contributed by atoms with E-state index in [0.29, 0.717) is 6.10 Å². The standard InChI is InChI=1S/C17H31N3O/c1-4-10-18-13-15-16(5-2)19-20(17(15)6-3)11-9-14-8-7-12-21-14/h14,18H,4-13H2,1-3H3. The third-order valence-electron chi connectivity index (χ3n) is 4.33. The van der Waals surface area contributed by atoms with E-state index in [1.807, 2.05) is 0 Å². The molecule has 0 aliphatic carbocycles. The summed E-state index contributed by atoms with van der Waals surface area (Å²) in [5.41, 5.74) is 4.11. The van der Waals surface area contributed by atoms with Gasteiger partial charge in [-0.3, -0.25) is 4.68 Å². The van der Waals surface area contributed by atoms with Gasteiger partial charge >= 0.3 is 0 Å². The topological polar surface area (TPSA) is 39.1 Å². The molecule has 1 N–H and O–H groups in total. The van der Waals surface area contributed by atoms with E-state index < -0.39 is 0 Å². The first-order valence-electron chi connectivity index (χ1n) is 8.69. The SMILES string of the molecule is CCCNCc1c(CC)nn(CCC2CCCO2)c1CC. The van der Waals surface area contributed by atoms with Gasteiger partial charge in [-0.15, -0.1) is 0 Å². The van der Waals surface area contributed by atoms with Crippen LogP contribution >= 0.6 is 0 Å². The van der Waals surface area contributed by atoms with Crippen molar-refractivity contribution in [3.63, 3.8) is 0 Å². The number of nitrogens with zero attached hydrogens (tertiary/aromatic N) is 2. The van der Waals surface area contributed by atoms with Crippen LogP contribution in [-0.2, 0) is 30.7 Å². The number of aryl methyl sites for hydroxylation is 2. The van der Waals surface area contributed by atoms with Crippen LogP contribution in [0, 0.1) is 0 Å². The first-order valence-corrected chi connectivity index (χ1v) is 8.69. The molecule has 0 radical (unpaired) electrons. The molecule has 1 aromatic rings. The highest BCUT2D eigenvalue weighted by atomic mass is 16.5. The number of hydrogen-bond donors (Lipinski definition) is 1. The lowest BCUT2D eigenvalue weighted by atomic mass is 10.1. The summed E-state index contributed by atoms with van der Waals surface area (Å²) >= 11 is 0. The summed E-state index contributed by atoms with van der Waals surface area (Å²) in [5.74, 6) is 0. The molecule has 1 saturated heterocycles. The van der Waals surface area contributed by atoms with Gasteiger partial charge in [-0.25, -0.2) is 0 Å². The third kappa shape index (κ3) is 4.30. The van der Waals surface area contributed by atoms with Gasteiger partial charge in [0.05, 0.1) is 11.8 Å². The molecule has 1 fully saturated rings. The quantitative estimate of drug-likeness (QED) is 0.711. The van der Waals surface area contributed by atoms with Crippen LogP contribution < -0.4 is 5.32 Å². The van der Waals surface area contributed by atoms with Crippen LogP contribution in [0.3, 0.4) is 0 Å². The lowest BCUT2D eigenvalue weighted by Crippen LogP contribution is -2.16. The highest BCUT2D eigenvalue weighted by Gasteiger charge is 2.18. The maximum Gasteiger partial charge on any atom is 0.0669 e. The van der Waals surface area contributed by atoms with E-state index >= 15 is 0 Å². The molecule has 2 rings (SSSR count). The van der Waals surface area contributed by atoms with Crippen molar-refractivity contribution in [2.75, 3.05) is 13.2 Å². The van der Waals surface area contributed by atoms with Crippen LogP contribution in [0.1, 0.15) is 63.4 Å². The molecule has 4 heteroatoms. The molecule has 1 aliphatic rings. The van der Waals surface area contributed by atoms with Gasteiger partial charge in [-0.1, -0.05) is 20.8 Å². The van der Waals surface area contributed by atoms with Gasteiger partial charge in [-0.05, 0) is 45.1 Å². The van der Waals surface area contributed by atoms with Gasteiger partial charge in [-0.2, -0.15) is 5.10 Å². The Morgan fingerprint density at radius 1 is 1.29 bits per heavy atom. The zero-order valence-electron chi connectivity index (χ0n) is 14.0. The zero-order chi connectivity index (χ0) is 15.1. The molecule has 1 aliphatic heterocycles. The van der Waals surface area contributed by atoms with Crippen LogP contribution in [0.2, 0.25) is 0 Å². The van der Waals surface area contributed by atoms with Crippen LogP contribution in [0.5, 0.6) is 0 Å². The van der Waals surface area contributed by atoms with E-state index in [1.165, 1.54) is 36.2 Å². The lowest BCUT2D eigenvalue weighted by Gasteiger charge is -2.12. The molecular weight excluding hydrogens is 262 g/mol. The van der Waals surface area contributed by atoms with Crippen molar-refractivity contribution in [3.8, 4) is 0 Å². The van der Waals surface area contributed by atoms with Gasteiger partial charge in [0.25, 0.3) is 0 Å². The summed E-state index contributed by atoms with van der Waals surface area (Å²) in [4.78, 5) is 0. The van der Waals surface area contributed by atoms with E-state index in [1.54, 1.807) is 0 Å². The second-order valence-electron chi connectivity index (χ2n) is 5.90. The molecule has 2 heterocycles. The largest absolute Gasteiger partial charge is 0.378 e.